The summed E-state index contributed by atoms with van der Waals surface area (Å²) in [7, 11) is 0. The second-order valence-electron chi connectivity index (χ2n) is 6.78. The van der Waals surface area contributed by atoms with Crippen LogP contribution in [0.5, 0.6) is 0 Å². The van der Waals surface area contributed by atoms with E-state index < -0.39 is 0 Å². The van der Waals surface area contributed by atoms with Crippen LogP contribution in [0, 0.1) is 11.3 Å². The summed E-state index contributed by atoms with van der Waals surface area (Å²) in [5.74, 6) is 0.717. The Kier molecular flexibility index (Phi) is 5.50. The van der Waals surface area contributed by atoms with E-state index in [2.05, 4.69) is 30.6 Å². The lowest BCUT2D eigenvalue weighted by molar-refractivity contribution is 0.00791. The average molecular weight is 393 g/mol. The third kappa shape index (κ3) is 3.76. The molecule has 2 aromatic heterocycles. The second-order valence-corrected chi connectivity index (χ2v) is 7.87. The Balaban J connectivity index is 1.46. The summed E-state index contributed by atoms with van der Waals surface area (Å²) in [6.07, 6.45) is 4.79. The Hall–Kier alpha value is -1.53. The molecule has 138 valence electrons. The molecule has 0 amide bonds. The van der Waals surface area contributed by atoms with Crippen LogP contribution in [0.1, 0.15) is 31.4 Å². The van der Waals surface area contributed by atoms with Crippen molar-refractivity contribution in [2.45, 2.75) is 44.2 Å². The summed E-state index contributed by atoms with van der Waals surface area (Å²) in [6, 6.07) is 3.18. The van der Waals surface area contributed by atoms with Gasteiger partial charge in [-0.15, -0.1) is 0 Å². The molecule has 0 aromatic carbocycles. The number of aromatic nitrogens is 3. The molecule has 4 rings (SSSR count). The van der Waals surface area contributed by atoms with E-state index in [1.54, 1.807) is 0 Å². The molecular formula is C17H21ClN6OS. The normalized spacial score (nSPS) is 24.5. The molecule has 3 heterocycles. The first-order valence-corrected chi connectivity index (χ1v) is 10.2. The van der Waals surface area contributed by atoms with Crippen LogP contribution < -0.4 is 5.32 Å². The largest absolute Gasteiger partial charge is 0.379 e. The molecule has 2 aliphatic rings. The van der Waals surface area contributed by atoms with Gasteiger partial charge in [-0.3, -0.25) is 4.90 Å². The third-order valence-corrected chi connectivity index (χ3v) is 6.17. The Bertz CT molecular complexity index is 807. The molecule has 9 heteroatoms. The number of fused-ring (bicyclic) bond motifs is 1. The van der Waals surface area contributed by atoms with Gasteiger partial charge in [0.1, 0.15) is 5.82 Å². The predicted molar refractivity (Wildman–Crippen MR) is 102 cm³/mol. The van der Waals surface area contributed by atoms with Crippen LogP contribution in [0.4, 0.5) is 5.82 Å². The smallest absolute Gasteiger partial charge is 0.225 e. The van der Waals surface area contributed by atoms with Gasteiger partial charge < -0.3 is 10.1 Å². The van der Waals surface area contributed by atoms with E-state index in [0.717, 1.165) is 55.1 Å². The van der Waals surface area contributed by atoms with Crippen LogP contribution in [0.2, 0.25) is 5.28 Å². The van der Waals surface area contributed by atoms with Crippen LogP contribution in [0.15, 0.2) is 0 Å². The lowest BCUT2D eigenvalue weighted by Crippen LogP contribution is -2.46. The van der Waals surface area contributed by atoms with Crippen molar-refractivity contribution in [1.82, 2.24) is 19.2 Å². The molecule has 0 bridgehead atoms. The fraction of sp³-hybridized carbons (Fsp3) is 0.647. The first kappa shape index (κ1) is 17.9. The second kappa shape index (κ2) is 8.01. The molecule has 1 aliphatic carbocycles. The van der Waals surface area contributed by atoms with Crippen LogP contribution in [-0.2, 0) is 11.2 Å². The van der Waals surface area contributed by atoms with E-state index in [9.17, 15) is 0 Å². The maximum absolute atomic E-state index is 9.03. The Morgan fingerprint density at radius 2 is 2.00 bits per heavy atom. The van der Waals surface area contributed by atoms with Gasteiger partial charge in [-0.05, 0) is 48.8 Å². The lowest BCUT2D eigenvalue weighted by Gasteiger charge is -2.39. The SMILES string of the molecule is N#CCc1nsc2nc(Cl)nc(NC3CCC(N4CCOCC4)CC3)c12. The molecule has 2 fully saturated rings. The minimum Gasteiger partial charge on any atom is -0.379 e. The van der Waals surface area contributed by atoms with Gasteiger partial charge in [0.05, 0.1) is 36.8 Å². The van der Waals surface area contributed by atoms with Gasteiger partial charge in [-0.2, -0.15) is 9.64 Å². The van der Waals surface area contributed by atoms with E-state index in [1.165, 1.54) is 24.4 Å². The van der Waals surface area contributed by atoms with Crippen molar-refractivity contribution in [2.24, 2.45) is 0 Å². The Labute approximate surface area is 161 Å². The zero-order chi connectivity index (χ0) is 17.9. The van der Waals surface area contributed by atoms with Crippen molar-refractivity contribution in [3.63, 3.8) is 0 Å². The topological polar surface area (TPSA) is 87.0 Å². The van der Waals surface area contributed by atoms with E-state index in [4.69, 9.17) is 21.6 Å². The molecule has 1 saturated heterocycles. The molecule has 26 heavy (non-hydrogen) atoms. The van der Waals surface area contributed by atoms with Gasteiger partial charge in [0.2, 0.25) is 5.28 Å². The van der Waals surface area contributed by atoms with Crippen molar-refractivity contribution in [3.8, 4) is 6.07 Å². The number of ether oxygens (including phenoxy) is 1. The molecule has 7 nitrogen and oxygen atoms in total. The van der Waals surface area contributed by atoms with Crippen molar-refractivity contribution in [3.05, 3.63) is 11.0 Å². The zero-order valence-corrected chi connectivity index (χ0v) is 16.0. The first-order chi connectivity index (χ1) is 12.7. The van der Waals surface area contributed by atoms with Crippen LogP contribution in [-0.4, -0.2) is 57.6 Å². The minimum absolute atomic E-state index is 0.217. The third-order valence-electron chi connectivity index (χ3n) is 5.23. The standard InChI is InChI=1S/C17H21ClN6OS/c18-17-21-15(14-13(5-6-19)23-26-16(14)22-17)20-11-1-3-12(4-2-11)24-7-9-25-10-8-24/h11-12H,1-5,7-10H2,(H,20,21,22). The lowest BCUT2D eigenvalue weighted by atomic mass is 9.90. The van der Waals surface area contributed by atoms with Crippen molar-refractivity contribution in [1.29, 1.82) is 5.26 Å². The summed E-state index contributed by atoms with van der Waals surface area (Å²) in [5.41, 5.74) is 0.730. The molecule has 0 atom stereocenters. The highest BCUT2D eigenvalue weighted by molar-refractivity contribution is 7.13. The summed E-state index contributed by atoms with van der Waals surface area (Å²) < 4.78 is 9.81. The van der Waals surface area contributed by atoms with E-state index in [0.29, 0.717) is 17.9 Å². The van der Waals surface area contributed by atoms with Gasteiger partial charge in [0.25, 0.3) is 0 Å². The number of morpholine rings is 1. The number of hydrogen-bond donors (Lipinski definition) is 1. The summed E-state index contributed by atoms with van der Waals surface area (Å²) >= 11 is 7.35. The summed E-state index contributed by atoms with van der Waals surface area (Å²) in [5, 5.41) is 13.6. The molecule has 0 radical (unpaired) electrons. The quantitative estimate of drug-likeness (QED) is 0.800. The van der Waals surface area contributed by atoms with Crippen LogP contribution in [0.3, 0.4) is 0 Å². The van der Waals surface area contributed by atoms with Crippen molar-refractivity contribution < 1.29 is 4.74 Å². The molecule has 0 unspecified atom stereocenters. The highest BCUT2D eigenvalue weighted by Gasteiger charge is 2.27. The molecule has 1 N–H and O–H groups in total. The molecule has 2 aromatic rings. The molecule has 1 aliphatic heterocycles. The highest BCUT2D eigenvalue weighted by Crippen LogP contribution is 2.32. The predicted octanol–water partition coefficient (Wildman–Crippen LogP) is 2.86. The maximum Gasteiger partial charge on any atom is 0.225 e. The Morgan fingerprint density at radius 1 is 1.23 bits per heavy atom. The van der Waals surface area contributed by atoms with Gasteiger partial charge in [0.15, 0.2) is 4.83 Å². The van der Waals surface area contributed by atoms with Gasteiger partial charge in [-0.25, -0.2) is 9.97 Å². The zero-order valence-electron chi connectivity index (χ0n) is 14.4. The van der Waals surface area contributed by atoms with Crippen LogP contribution in [0.25, 0.3) is 10.2 Å². The summed E-state index contributed by atoms with van der Waals surface area (Å²) in [4.78, 5) is 11.9. The van der Waals surface area contributed by atoms with Crippen molar-refractivity contribution >= 4 is 39.2 Å². The first-order valence-electron chi connectivity index (χ1n) is 9.01. The van der Waals surface area contributed by atoms with E-state index >= 15 is 0 Å². The average Bonchev–Trinajstić information content (AvgIpc) is 3.06. The monoisotopic (exact) mass is 392 g/mol. The maximum atomic E-state index is 9.03. The molecule has 1 saturated carbocycles. The van der Waals surface area contributed by atoms with Gasteiger partial charge in [-0.1, -0.05) is 0 Å². The fourth-order valence-electron chi connectivity index (χ4n) is 3.91. The number of nitriles is 1. The number of nitrogens with zero attached hydrogens (tertiary/aromatic N) is 5. The number of rotatable bonds is 4. The van der Waals surface area contributed by atoms with E-state index in [-0.39, 0.29) is 11.7 Å². The highest BCUT2D eigenvalue weighted by atomic mass is 35.5. The van der Waals surface area contributed by atoms with Crippen LogP contribution >= 0.6 is 23.1 Å². The molecule has 0 spiro atoms. The fourth-order valence-corrected chi connectivity index (χ4v) is 4.91. The Morgan fingerprint density at radius 3 is 2.73 bits per heavy atom. The summed E-state index contributed by atoms with van der Waals surface area (Å²) in [6.45, 7) is 3.79. The van der Waals surface area contributed by atoms with E-state index in [1.807, 2.05) is 0 Å². The number of halogens is 1. The number of anilines is 1. The van der Waals surface area contributed by atoms with Gasteiger partial charge in [0, 0.05) is 25.2 Å². The number of nitrogens with one attached hydrogen (secondary N) is 1. The molecular weight excluding hydrogens is 372 g/mol. The minimum atomic E-state index is 0.217. The number of hydrogen-bond acceptors (Lipinski definition) is 8. The van der Waals surface area contributed by atoms with Gasteiger partial charge >= 0.3 is 0 Å². The van der Waals surface area contributed by atoms with Crippen molar-refractivity contribution in [2.75, 3.05) is 31.6 Å².